The molecule has 0 aliphatic carbocycles. The van der Waals surface area contributed by atoms with E-state index in [0.717, 1.165) is 0 Å². The maximum absolute atomic E-state index is 9.01. The molecule has 0 bridgehead atoms. The third-order valence-corrected chi connectivity index (χ3v) is 2.33. The summed E-state index contributed by atoms with van der Waals surface area (Å²) >= 11 is 0. The fraction of sp³-hybridized carbons (Fsp3) is 0.0769. The largest absolute Gasteiger partial charge is 0.339 e. The second-order valence-electron chi connectivity index (χ2n) is 3.70. The van der Waals surface area contributed by atoms with Crippen molar-refractivity contribution >= 4 is 17.3 Å². The summed E-state index contributed by atoms with van der Waals surface area (Å²) in [7, 11) is 0. The van der Waals surface area contributed by atoms with Gasteiger partial charge in [-0.25, -0.2) is 9.97 Å². The normalized spacial score (nSPS) is 9.21. The summed E-state index contributed by atoms with van der Waals surface area (Å²) in [6, 6.07) is 10.8. The molecule has 0 aliphatic heterocycles. The van der Waals surface area contributed by atoms with Crippen LogP contribution in [0.15, 0.2) is 30.3 Å². The molecule has 6 heteroatoms. The Morgan fingerprint density at radius 1 is 1.11 bits per heavy atom. The van der Waals surface area contributed by atoms with E-state index in [1.54, 1.807) is 37.4 Å². The average molecular weight is 250 g/mol. The van der Waals surface area contributed by atoms with Gasteiger partial charge in [0.15, 0.2) is 6.19 Å². The van der Waals surface area contributed by atoms with Crippen LogP contribution in [0.25, 0.3) is 0 Å². The first-order valence-corrected chi connectivity index (χ1v) is 5.50. The molecular formula is C13H10N6. The molecule has 0 saturated heterocycles. The molecule has 1 heterocycles. The van der Waals surface area contributed by atoms with Gasteiger partial charge in [-0.1, -0.05) is 12.1 Å². The monoisotopic (exact) mass is 250 g/mol. The topological polar surface area (TPSA) is 97.4 Å². The Morgan fingerprint density at radius 2 is 1.84 bits per heavy atom. The van der Waals surface area contributed by atoms with Crippen LogP contribution in [0.2, 0.25) is 0 Å². The molecule has 0 aliphatic rings. The van der Waals surface area contributed by atoms with E-state index in [0.29, 0.717) is 28.7 Å². The molecule has 2 rings (SSSR count). The van der Waals surface area contributed by atoms with Gasteiger partial charge in [0.1, 0.15) is 23.5 Å². The van der Waals surface area contributed by atoms with Gasteiger partial charge in [-0.3, -0.25) is 5.32 Å². The van der Waals surface area contributed by atoms with E-state index < -0.39 is 0 Å². The lowest BCUT2D eigenvalue weighted by atomic mass is 10.2. The molecule has 1 aromatic carbocycles. The number of hydrogen-bond donors (Lipinski definition) is 2. The van der Waals surface area contributed by atoms with Crippen molar-refractivity contribution in [3.8, 4) is 12.3 Å². The van der Waals surface area contributed by atoms with Gasteiger partial charge >= 0.3 is 0 Å². The number of nitrogens with one attached hydrogen (secondary N) is 2. The fourth-order valence-corrected chi connectivity index (χ4v) is 1.58. The van der Waals surface area contributed by atoms with Crippen molar-refractivity contribution in [2.45, 2.75) is 6.92 Å². The molecule has 0 spiro atoms. The quantitative estimate of drug-likeness (QED) is 0.640. The number of hydrogen-bond acceptors (Lipinski definition) is 6. The molecule has 1 aromatic heterocycles. The number of para-hydroxylation sites is 1. The minimum atomic E-state index is 0.409. The zero-order valence-corrected chi connectivity index (χ0v) is 10.2. The Morgan fingerprint density at radius 3 is 2.58 bits per heavy atom. The molecule has 19 heavy (non-hydrogen) atoms. The van der Waals surface area contributed by atoms with Crippen LogP contribution >= 0.6 is 0 Å². The molecule has 2 N–H and O–H groups in total. The van der Waals surface area contributed by atoms with Gasteiger partial charge in [0.2, 0.25) is 0 Å². The van der Waals surface area contributed by atoms with Crippen molar-refractivity contribution in [2.75, 3.05) is 10.6 Å². The van der Waals surface area contributed by atoms with Crippen LogP contribution in [0.3, 0.4) is 0 Å². The Kier molecular flexibility index (Phi) is 3.56. The number of rotatable bonds is 3. The van der Waals surface area contributed by atoms with Gasteiger partial charge in [-0.05, 0) is 19.1 Å². The minimum absolute atomic E-state index is 0.409. The molecule has 6 nitrogen and oxygen atoms in total. The van der Waals surface area contributed by atoms with Crippen molar-refractivity contribution in [3.63, 3.8) is 0 Å². The summed E-state index contributed by atoms with van der Waals surface area (Å²) in [5, 5.41) is 23.1. The van der Waals surface area contributed by atoms with Crippen molar-refractivity contribution in [1.29, 1.82) is 10.5 Å². The van der Waals surface area contributed by atoms with E-state index >= 15 is 0 Å². The second kappa shape index (κ2) is 5.48. The summed E-state index contributed by atoms with van der Waals surface area (Å²) in [4.78, 5) is 8.26. The highest BCUT2D eigenvalue weighted by Crippen LogP contribution is 2.20. The first-order valence-electron chi connectivity index (χ1n) is 5.50. The molecule has 0 radical (unpaired) electrons. The predicted octanol–water partition coefficient (Wildman–Crippen LogP) is 2.29. The standard InChI is InChI=1S/C13H10N6/c1-9-17-12(16-8-15)6-13(18-9)19-11-5-3-2-4-10(11)7-14/h2-6H,1H3,(H2,16,17,18,19). The highest BCUT2D eigenvalue weighted by molar-refractivity contribution is 5.65. The molecule has 0 fully saturated rings. The Labute approximate surface area is 110 Å². The van der Waals surface area contributed by atoms with Crippen molar-refractivity contribution in [2.24, 2.45) is 0 Å². The summed E-state index contributed by atoms with van der Waals surface area (Å²) in [6.07, 6.45) is 1.80. The average Bonchev–Trinajstić information content (AvgIpc) is 2.39. The lowest BCUT2D eigenvalue weighted by Crippen LogP contribution is -2.01. The molecule has 0 atom stereocenters. The summed E-state index contributed by atoms with van der Waals surface area (Å²) in [5.74, 6) is 1.46. The van der Waals surface area contributed by atoms with Crippen LogP contribution in [-0.2, 0) is 0 Å². The SMILES string of the molecule is Cc1nc(NC#N)cc(Nc2ccccc2C#N)n1. The Hall–Kier alpha value is -3.12. The van der Waals surface area contributed by atoms with Crippen LogP contribution in [0.5, 0.6) is 0 Å². The smallest absolute Gasteiger partial charge is 0.182 e. The molecule has 0 saturated carbocycles. The lowest BCUT2D eigenvalue weighted by molar-refractivity contribution is 1.06. The highest BCUT2D eigenvalue weighted by atomic mass is 15.1. The lowest BCUT2D eigenvalue weighted by Gasteiger charge is -2.08. The van der Waals surface area contributed by atoms with E-state index in [1.165, 1.54) is 0 Å². The number of aryl methyl sites for hydroxylation is 1. The maximum atomic E-state index is 9.01. The predicted molar refractivity (Wildman–Crippen MR) is 70.4 cm³/mol. The molecular weight excluding hydrogens is 240 g/mol. The molecule has 2 aromatic rings. The van der Waals surface area contributed by atoms with Crippen LogP contribution < -0.4 is 10.6 Å². The molecule has 92 valence electrons. The Bertz CT molecular complexity index is 680. The van der Waals surface area contributed by atoms with E-state index in [-0.39, 0.29) is 0 Å². The second-order valence-corrected chi connectivity index (χ2v) is 3.70. The summed E-state index contributed by atoms with van der Waals surface area (Å²) in [5.41, 5.74) is 1.18. The number of anilines is 3. The summed E-state index contributed by atoms with van der Waals surface area (Å²) < 4.78 is 0. The van der Waals surface area contributed by atoms with Crippen LogP contribution in [0.1, 0.15) is 11.4 Å². The van der Waals surface area contributed by atoms with Gasteiger partial charge in [-0.2, -0.15) is 10.5 Å². The van der Waals surface area contributed by atoms with E-state index in [1.807, 2.05) is 6.07 Å². The Balaban J connectivity index is 2.34. The van der Waals surface area contributed by atoms with Crippen molar-refractivity contribution in [1.82, 2.24) is 9.97 Å². The zero-order valence-electron chi connectivity index (χ0n) is 10.2. The number of aromatic nitrogens is 2. The molecule has 0 unspecified atom stereocenters. The first kappa shape index (κ1) is 12.3. The van der Waals surface area contributed by atoms with Crippen LogP contribution in [0.4, 0.5) is 17.3 Å². The van der Waals surface area contributed by atoms with Gasteiger partial charge in [0.25, 0.3) is 0 Å². The zero-order chi connectivity index (χ0) is 13.7. The first-order chi connectivity index (χ1) is 9.22. The van der Waals surface area contributed by atoms with E-state index in [2.05, 4.69) is 26.7 Å². The van der Waals surface area contributed by atoms with E-state index in [4.69, 9.17) is 10.5 Å². The number of benzene rings is 1. The minimum Gasteiger partial charge on any atom is -0.339 e. The highest BCUT2D eigenvalue weighted by Gasteiger charge is 2.05. The third-order valence-electron chi connectivity index (χ3n) is 2.33. The molecule has 0 amide bonds. The van der Waals surface area contributed by atoms with Gasteiger partial charge in [0.05, 0.1) is 11.3 Å². The van der Waals surface area contributed by atoms with Crippen molar-refractivity contribution in [3.05, 3.63) is 41.7 Å². The number of nitrogens with zero attached hydrogens (tertiary/aromatic N) is 4. The van der Waals surface area contributed by atoms with Crippen LogP contribution in [0, 0.1) is 29.7 Å². The summed E-state index contributed by atoms with van der Waals surface area (Å²) in [6.45, 7) is 1.73. The maximum Gasteiger partial charge on any atom is 0.182 e. The number of nitriles is 2. The van der Waals surface area contributed by atoms with Gasteiger partial charge in [0, 0.05) is 6.07 Å². The van der Waals surface area contributed by atoms with Gasteiger partial charge < -0.3 is 5.32 Å². The van der Waals surface area contributed by atoms with Gasteiger partial charge in [-0.15, -0.1) is 0 Å². The van der Waals surface area contributed by atoms with Crippen LogP contribution in [-0.4, -0.2) is 9.97 Å². The van der Waals surface area contributed by atoms with Crippen molar-refractivity contribution < 1.29 is 0 Å². The third kappa shape index (κ3) is 2.96. The fourth-order valence-electron chi connectivity index (χ4n) is 1.58. The van der Waals surface area contributed by atoms with E-state index in [9.17, 15) is 0 Å².